The molecule has 7 heteroatoms. The van der Waals surface area contributed by atoms with E-state index in [1.165, 1.54) is 12.1 Å². The van der Waals surface area contributed by atoms with Gasteiger partial charge >= 0.3 is 0 Å². The second-order valence-electron chi connectivity index (χ2n) is 4.91. The highest BCUT2D eigenvalue weighted by Crippen LogP contribution is 2.16. The van der Waals surface area contributed by atoms with E-state index in [4.69, 9.17) is 0 Å². The molecule has 1 aliphatic heterocycles. The van der Waals surface area contributed by atoms with Crippen LogP contribution in [0.2, 0.25) is 0 Å². The highest BCUT2D eigenvalue weighted by Gasteiger charge is 2.24. The summed E-state index contributed by atoms with van der Waals surface area (Å²) in [5, 5.41) is 12.0. The Labute approximate surface area is 118 Å². The van der Waals surface area contributed by atoms with E-state index in [1.54, 1.807) is 19.1 Å². The number of hydrogen-bond acceptors (Lipinski definition) is 4. The highest BCUT2D eigenvalue weighted by atomic mass is 32.2. The van der Waals surface area contributed by atoms with Crippen LogP contribution in [0.3, 0.4) is 0 Å². The molecule has 1 aliphatic rings. The van der Waals surface area contributed by atoms with Gasteiger partial charge in [-0.05, 0) is 31.0 Å². The molecule has 110 valence electrons. The fraction of sp³-hybridized carbons (Fsp3) is 0.462. The Hall–Kier alpha value is -1.44. The third-order valence-electron chi connectivity index (χ3n) is 3.26. The molecule has 2 rings (SSSR count). The summed E-state index contributed by atoms with van der Waals surface area (Å²) in [5.41, 5.74) is 0.661. The Bertz CT molecular complexity index is 571. The minimum absolute atomic E-state index is 0.0539. The highest BCUT2D eigenvalue weighted by molar-refractivity contribution is 7.89. The lowest BCUT2D eigenvalue weighted by Crippen LogP contribution is -2.47. The van der Waals surface area contributed by atoms with Gasteiger partial charge in [-0.1, -0.05) is 12.1 Å². The average molecular weight is 298 g/mol. The van der Waals surface area contributed by atoms with Crippen LogP contribution in [0.15, 0.2) is 29.2 Å². The van der Waals surface area contributed by atoms with E-state index in [2.05, 4.69) is 10.0 Å². The number of carbonyl (C=O) groups is 1. The zero-order valence-electron chi connectivity index (χ0n) is 11.2. The molecule has 20 heavy (non-hydrogen) atoms. The first kappa shape index (κ1) is 15.0. The van der Waals surface area contributed by atoms with Gasteiger partial charge in [0.05, 0.1) is 11.0 Å². The van der Waals surface area contributed by atoms with E-state index in [1.807, 2.05) is 0 Å². The molecule has 1 fully saturated rings. The fourth-order valence-corrected chi connectivity index (χ4v) is 3.32. The van der Waals surface area contributed by atoms with Crippen molar-refractivity contribution >= 4 is 15.9 Å². The molecule has 0 spiro atoms. The number of amides is 1. The Balaban J connectivity index is 2.08. The number of aliphatic hydroxyl groups is 1. The van der Waals surface area contributed by atoms with Crippen molar-refractivity contribution in [2.24, 2.45) is 0 Å². The molecule has 0 aliphatic carbocycles. The third-order valence-corrected chi connectivity index (χ3v) is 4.80. The van der Waals surface area contributed by atoms with Crippen molar-refractivity contribution in [3.05, 3.63) is 29.8 Å². The molecule has 2 atom stereocenters. The largest absolute Gasteiger partial charge is 0.389 e. The van der Waals surface area contributed by atoms with E-state index in [0.29, 0.717) is 24.9 Å². The van der Waals surface area contributed by atoms with Crippen LogP contribution in [-0.4, -0.2) is 32.0 Å². The molecule has 0 radical (unpaired) electrons. The Kier molecular flexibility index (Phi) is 4.42. The molecule has 1 heterocycles. The van der Waals surface area contributed by atoms with Crippen LogP contribution < -0.4 is 10.0 Å². The van der Waals surface area contributed by atoms with E-state index >= 15 is 0 Å². The predicted octanol–water partition coefficient (Wildman–Crippen LogP) is 0.297. The van der Waals surface area contributed by atoms with Crippen molar-refractivity contribution in [3.63, 3.8) is 0 Å². The van der Waals surface area contributed by atoms with Crippen molar-refractivity contribution in [1.29, 1.82) is 0 Å². The number of rotatable bonds is 4. The zero-order valence-corrected chi connectivity index (χ0v) is 12.0. The summed E-state index contributed by atoms with van der Waals surface area (Å²) in [7, 11) is -3.60. The second kappa shape index (κ2) is 5.90. The van der Waals surface area contributed by atoms with Gasteiger partial charge in [-0.25, -0.2) is 13.1 Å². The lowest BCUT2D eigenvalue weighted by Gasteiger charge is -2.23. The van der Waals surface area contributed by atoms with Crippen LogP contribution >= 0.6 is 0 Å². The topological polar surface area (TPSA) is 95.5 Å². The molecule has 1 aromatic carbocycles. The number of carbonyl (C=O) groups excluding carboxylic acids is 1. The summed E-state index contributed by atoms with van der Waals surface area (Å²) < 4.78 is 26.9. The van der Waals surface area contributed by atoms with Gasteiger partial charge in [0.25, 0.3) is 0 Å². The van der Waals surface area contributed by atoms with Gasteiger partial charge in [0.1, 0.15) is 0 Å². The normalized spacial score (nSPS) is 21.3. The first-order valence-corrected chi connectivity index (χ1v) is 7.94. The van der Waals surface area contributed by atoms with Gasteiger partial charge in [0.15, 0.2) is 0 Å². The van der Waals surface area contributed by atoms with Crippen molar-refractivity contribution in [3.8, 4) is 0 Å². The lowest BCUT2D eigenvalue weighted by atomic mass is 10.1. The lowest BCUT2D eigenvalue weighted by molar-refractivity contribution is -0.122. The first-order valence-electron chi connectivity index (χ1n) is 6.45. The summed E-state index contributed by atoms with van der Waals surface area (Å²) in [6, 6.07) is 5.82. The fourth-order valence-electron chi connectivity index (χ4n) is 2.05. The average Bonchev–Trinajstić information content (AvgIpc) is 2.41. The maximum absolute atomic E-state index is 12.2. The van der Waals surface area contributed by atoms with Gasteiger partial charge in [0, 0.05) is 19.0 Å². The van der Waals surface area contributed by atoms with Crippen molar-refractivity contribution in [2.45, 2.75) is 36.8 Å². The Morgan fingerprint density at radius 1 is 1.35 bits per heavy atom. The van der Waals surface area contributed by atoms with Crippen molar-refractivity contribution < 1.29 is 18.3 Å². The van der Waals surface area contributed by atoms with Crippen LogP contribution in [0.5, 0.6) is 0 Å². The summed E-state index contributed by atoms with van der Waals surface area (Å²) in [6.07, 6.45) is 0.193. The molecule has 3 N–H and O–H groups in total. The van der Waals surface area contributed by atoms with Crippen LogP contribution in [0.25, 0.3) is 0 Å². The molecule has 1 aromatic rings. The molecular formula is C13H18N2O4S. The smallest absolute Gasteiger partial charge is 0.240 e. The minimum atomic E-state index is -3.60. The van der Waals surface area contributed by atoms with Gasteiger partial charge in [0.2, 0.25) is 15.9 Å². The summed E-state index contributed by atoms with van der Waals surface area (Å²) >= 11 is 0. The first-order chi connectivity index (χ1) is 9.38. The van der Waals surface area contributed by atoms with Crippen LogP contribution in [0.1, 0.15) is 31.4 Å². The SMILES string of the molecule is CC(O)c1ccc(S(=O)(=O)NC2CCC(=O)NC2)cc1. The van der Waals surface area contributed by atoms with Crippen LogP contribution in [0, 0.1) is 0 Å². The maximum Gasteiger partial charge on any atom is 0.240 e. The Morgan fingerprint density at radius 3 is 2.50 bits per heavy atom. The van der Waals surface area contributed by atoms with E-state index in [-0.39, 0.29) is 16.8 Å². The Morgan fingerprint density at radius 2 is 2.00 bits per heavy atom. The molecule has 2 unspecified atom stereocenters. The molecule has 1 amide bonds. The number of piperidine rings is 1. The minimum Gasteiger partial charge on any atom is -0.389 e. The van der Waals surface area contributed by atoms with Gasteiger partial charge in [-0.3, -0.25) is 4.79 Å². The van der Waals surface area contributed by atoms with Gasteiger partial charge < -0.3 is 10.4 Å². The molecular weight excluding hydrogens is 280 g/mol. The van der Waals surface area contributed by atoms with Crippen LogP contribution in [0.4, 0.5) is 0 Å². The number of sulfonamides is 1. The summed E-state index contributed by atoms with van der Waals surface area (Å²) in [4.78, 5) is 11.2. The third kappa shape index (κ3) is 3.56. The predicted molar refractivity (Wildman–Crippen MR) is 73.4 cm³/mol. The number of aliphatic hydroxyl groups excluding tert-OH is 1. The van der Waals surface area contributed by atoms with Gasteiger partial charge in [-0.2, -0.15) is 0 Å². The maximum atomic E-state index is 12.2. The molecule has 0 saturated carbocycles. The molecule has 0 bridgehead atoms. The van der Waals surface area contributed by atoms with Crippen LogP contribution in [-0.2, 0) is 14.8 Å². The molecule has 0 aromatic heterocycles. The van der Waals surface area contributed by atoms with Gasteiger partial charge in [-0.15, -0.1) is 0 Å². The summed E-state index contributed by atoms with van der Waals surface area (Å²) in [5.74, 6) is -0.0539. The number of hydrogen-bond donors (Lipinski definition) is 3. The zero-order chi connectivity index (χ0) is 14.8. The standard InChI is InChI=1S/C13H18N2O4S/c1-9(16)10-2-5-12(6-3-10)20(18,19)15-11-4-7-13(17)14-8-11/h2-3,5-6,9,11,15-16H,4,7-8H2,1H3,(H,14,17). The monoisotopic (exact) mass is 298 g/mol. The quantitative estimate of drug-likeness (QED) is 0.745. The van der Waals surface area contributed by atoms with E-state index in [9.17, 15) is 18.3 Å². The van der Waals surface area contributed by atoms with Crippen molar-refractivity contribution in [1.82, 2.24) is 10.0 Å². The second-order valence-corrected chi connectivity index (χ2v) is 6.62. The van der Waals surface area contributed by atoms with E-state index < -0.39 is 16.1 Å². The molecule has 6 nitrogen and oxygen atoms in total. The number of benzene rings is 1. The van der Waals surface area contributed by atoms with E-state index in [0.717, 1.165) is 0 Å². The number of nitrogens with one attached hydrogen (secondary N) is 2. The summed E-state index contributed by atoms with van der Waals surface area (Å²) in [6.45, 7) is 1.93. The van der Waals surface area contributed by atoms with Crippen molar-refractivity contribution in [2.75, 3.05) is 6.54 Å². The molecule has 1 saturated heterocycles.